The molecule has 0 aromatic heterocycles. The van der Waals surface area contributed by atoms with Crippen LogP contribution in [0.15, 0.2) is 41.8 Å². The molecule has 0 aliphatic rings. The average molecular weight is 315 g/mol. The van der Waals surface area contributed by atoms with Crippen molar-refractivity contribution in [3.63, 3.8) is 0 Å². The first-order valence-electron chi connectivity index (χ1n) is 6.29. The standard InChI is InChI=1S/C7H13NO2.C7H8O3S/c1-3-5-6(8)7(9)10-4-2;1-6-2-4-7(5-3-6)11(8,9)10/h3,6H,1,4-5,8H2,2H3;2-5H,1H3,(H,8,9,10)/t6-;/m0./s1. The Kier molecular flexibility index (Phi) is 8.52. The van der Waals surface area contributed by atoms with Crippen LogP contribution in [-0.2, 0) is 19.6 Å². The number of nitrogens with two attached hydrogens (primary N) is 1. The van der Waals surface area contributed by atoms with E-state index in [-0.39, 0.29) is 10.9 Å². The van der Waals surface area contributed by atoms with E-state index in [1.165, 1.54) is 12.1 Å². The summed E-state index contributed by atoms with van der Waals surface area (Å²) in [7, 11) is -4.02. The maximum Gasteiger partial charge on any atom is 0.323 e. The summed E-state index contributed by atoms with van der Waals surface area (Å²) in [6.07, 6.45) is 2.07. The minimum atomic E-state index is -4.02. The predicted molar refractivity (Wildman–Crippen MR) is 80.4 cm³/mol. The van der Waals surface area contributed by atoms with E-state index >= 15 is 0 Å². The summed E-state index contributed by atoms with van der Waals surface area (Å²) < 4.78 is 34.2. The van der Waals surface area contributed by atoms with Gasteiger partial charge in [-0.15, -0.1) is 6.58 Å². The Morgan fingerprint density at radius 1 is 1.43 bits per heavy atom. The second-order valence-corrected chi connectivity index (χ2v) is 5.59. The third-order valence-corrected chi connectivity index (χ3v) is 3.20. The van der Waals surface area contributed by atoms with Gasteiger partial charge >= 0.3 is 5.97 Å². The number of hydrogen-bond acceptors (Lipinski definition) is 5. The van der Waals surface area contributed by atoms with Crippen molar-refractivity contribution >= 4 is 16.1 Å². The number of carbonyl (C=O) groups excluding carboxylic acids is 1. The lowest BCUT2D eigenvalue weighted by Crippen LogP contribution is -2.31. The highest BCUT2D eigenvalue weighted by molar-refractivity contribution is 7.85. The van der Waals surface area contributed by atoms with Crippen molar-refractivity contribution in [1.29, 1.82) is 0 Å². The van der Waals surface area contributed by atoms with Gasteiger partial charge in [-0.3, -0.25) is 9.35 Å². The zero-order valence-corrected chi connectivity index (χ0v) is 13.0. The Bertz CT molecular complexity index is 551. The van der Waals surface area contributed by atoms with Gasteiger partial charge < -0.3 is 10.5 Å². The van der Waals surface area contributed by atoms with Crippen molar-refractivity contribution in [2.24, 2.45) is 5.73 Å². The minimum Gasteiger partial charge on any atom is -0.465 e. The number of hydrogen-bond donors (Lipinski definition) is 2. The molecule has 0 saturated carbocycles. The van der Waals surface area contributed by atoms with Crippen LogP contribution in [0.1, 0.15) is 18.9 Å². The first kappa shape index (κ1) is 19.3. The highest BCUT2D eigenvalue weighted by Crippen LogP contribution is 2.08. The topological polar surface area (TPSA) is 107 Å². The van der Waals surface area contributed by atoms with Gasteiger partial charge in [0.15, 0.2) is 0 Å². The van der Waals surface area contributed by atoms with Gasteiger partial charge in [0.2, 0.25) is 0 Å². The molecular weight excluding hydrogens is 294 g/mol. The van der Waals surface area contributed by atoms with E-state index in [1.54, 1.807) is 25.1 Å². The molecule has 0 radical (unpaired) electrons. The Labute approximate surface area is 125 Å². The molecule has 0 spiro atoms. The quantitative estimate of drug-likeness (QED) is 0.486. The van der Waals surface area contributed by atoms with Crippen LogP contribution in [0.2, 0.25) is 0 Å². The summed E-state index contributed by atoms with van der Waals surface area (Å²) in [5.41, 5.74) is 6.32. The van der Waals surface area contributed by atoms with E-state index in [1.807, 2.05) is 6.92 Å². The van der Waals surface area contributed by atoms with Crippen LogP contribution in [0.3, 0.4) is 0 Å². The summed E-state index contributed by atoms with van der Waals surface area (Å²) in [4.78, 5) is 10.7. The fourth-order valence-corrected chi connectivity index (χ4v) is 1.72. The number of aryl methyl sites for hydroxylation is 1. The van der Waals surface area contributed by atoms with Gasteiger partial charge in [0, 0.05) is 0 Å². The van der Waals surface area contributed by atoms with Gasteiger partial charge in [-0.25, -0.2) is 0 Å². The summed E-state index contributed by atoms with van der Waals surface area (Å²) in [5.74, 6) is -0.359. The fourth-order valence-electron chi connectivity index (χ4n) is 1.24. The maximum absolute atomic E-state index is 10.7. The lowest BCUT2D eigenvalue weighted by atomic mass is 10.2. The van der Waals surface area contributed by atoms with Crippen molar-refractivity contribution < 1.29 is 22.5 Å². The molecule has 1 rings (SSSR count). The monoisotopic (exact) mass is 315 g/mol. The molecule has 0 amide bonds. The summed E-state index contributed by atoms with van der Waals surface area (Å²) in [6, 6.07) is 5.44. The zero-order valence-electron chi connectivity index (χ0n) is 12.2. The van der Waals surface area contributed by atoms with Crippen LogP contribution >= 0.6 is 0 Å². The molecule has 6 nitrogen and oxygen atoms in total. The van der Waals surface area contributed by atoms with Gasteiger partial charge in [-0.2, -0.15) is 8.42 Å². The van der Waals surface area contributed by atoms with Gasteiger partial charge in [0.25, 0.3) is 10.1 Å². The number of rotatable bonds is 5. The molecule has 3 N–H and O–H groups in total. The lowest BCUT2D eigenvalue weighted by molar-refractivity contribution is -0.144. The molecule has 1 aromatic rings. The largest absolute Gasteiger partial charge is 0.465 e. The van der Waals surface area contributed by atoms with E-state index in [0.717, 1.165) is 5.56 Å². The second kappa shape index (κ2) is 9.28. The molecular formula is C14H21NO5S. The van der Waals surface area contributed by atoms with Gasteiger partial charge in [-0.05, 0) is 32.4 Å². The van der Waals surface area contributed by atoms with Crippen LogP contribution in [0.4, 0.5) is 0 Å². The van der Waals surface area contributed by atoms with E-state index < -0.39 is 16.2 Å². The van der Waals surface area contributed by atoms with Crippen molar-refractivity contribution in [3.05, 3.63) is 42.5 Å². The Morgan fingerprint density at radius 3 is 2.33 bits per heavy atom. The summed E-state index contributed by atoms with van der Waals surface area (Å²) >= 11 is 0. The van der Waals surface area contributed by atoms with Crippen LogP contribution < -0.4 is 5.73 Å². The first-order valence-corrected chi connectivity index (χ1v) is 7.73. The zero-order chi connectivity index (χ0) is 16.5. The van der Waals surface area contributed by atoms with Crippen molar-refractivity contribution in [3.8, 4) is 0 Å². The third-order valence-electron chi connectivity index (χ3n) is 2.33. The SMILES string of the molecule is C=CC[C@H](N)C(=O)OCC.Cc1ccc(S(=O)(=O)O)cc1. The smallest absolute Gasteiger partial charge is 0.323 e. The molecule has 1 atom stereocenters. The molecule has 7 heteroatoms. The maximum atomic E-state index is 10.7. The molecule has 0 bridgehead atoms. The third kappa shape index (κ3) is 8.23. The highest BCUT2D eigenvalue weighted by atomic mass is 32.2. The fraction of sp³-hybridized carbons (Fsp3) is 0.357. The molecule has 21 heavy (non-hydrogen) atoms. The number of carbonyl (C=O) groups is 1. The molecule has 0 unspecified atom stereocenters. The minimum absolute atomic E-state index is 0.0666. The lowest BCUT2D eigenvalue weighted by Gasteiger charge is -2.06. The normalized spacial score (nSPS) is 11.8. The van der Waals surface area contributed by atoms with Gasteiger partial charge in [0.05, 0.1) is 11.5 Å². The summed E-state index contributed by atoms with van der Waals surface area (Å²) in [6.45, 7) is 7.42. The molecule has 0 aliphatic heterocycles. The predicted octanol–water partition coefficient (Wildman–Crippen LogP) is 1.69. The van der Waals surface area contributed by atoms with Crippen LogP contribution in [0.25, 0.3) is 0 Å². The van der Waals surface area contributed by atoms with Crippen LogP contribution in [0, 0.1) is 6.92 Å². The van der Waals surface area contributed by atoms with Gasteiger partial charge in [0.1, 0.15) is 6.04 Å². The van der Waals surface area contributed by atoms with E-state index in [4.69, 9.17) is 10.3 Å². The molecule has 0 fully saturated rings. The van der Waals surface area contributed by atoms with Gasteiger partial charge in [-0.1, -0.05) is 23.8 Å². The van der Waals surface area contributed by atoms with Crippen LogP contribution in [-0.4, -0.2) is 31.6 Å². The number of benzene rings is 1. The highest BCUT2D eigenvalue weighted by Gasteiger charge is 2.11. The van der Waals surface area contributed by atoms with E-state index in [2.05, 4.69) is 11.3 Å². The molecule has 0 heterocycles. The number of ether oxygens (including phenoxy) is 1. The Hall–Kier alpha value is -1.70. The second-order valence-electron chi connectivity index (χ2n) is 4.17. The molecule has 1 aromatic carbocycles. The molecule has 118 valence electrons. The Morgan fingerprint density at radius 2 is 1.95 bits per heavy atom. The van der Waals surface area contributed by atoms with Crippen LogP contribution in [0.5, 0.6) is 0 Å². The van der Waals surface area contributed by atoms with Crippen molar-refractivity contribution in [2.45, 2.75) is 31.2 Å². The average Bonchev–Trinajstić information content (AvgIpc) is 2.39. The molecule has 0 saturated heterocycles. The van der Waals surface area contributed by atoms with E-state index in [9.17, 15) is 13.2 Å². The Balaban J connectivity index is 0.000000384. The van der Waals surface area contributed by atoms with E-state index in [0.29, 0.717) is 13.0 Å². The van der Waals surface area contributed by atoms with Crippen molar-refractivity contribution in [2.75, 3.05) is 6.61 Å². The summed E-state index contributed by atoms with van der Waals surface area (Å²) in [5, 5.41) is 0. The first-order chi connectivity index (χ1) is 9.72. The number of esters is 1. The van der Waals surface area contributed by atoms with Crippen molar-refractivity contribution in [1.82, 2.24) is 0 Å². The molecule has 0 aliphatic carbocycles.